The predicted octanol–water partition coefficient (Wildman–Crippen LogP) is 6.14. The Labute approximate surface area is 163 Å². The smallest absolute Gasteiger partial charge is 0.311 e. The van der Waals surface area contributed by atoms with Gasteiger partial charge in [0.1, 0.15) is 5.75 Å². The molecule has 146 valence electrons. The Bertz CT molecular complexity index is 666. The number of carbonyl (C=O) groups is 1. The third-order valence-electron chi connectivity index (χ3n) is 4.58. The van der Waals surface area contributed by atoms with Crippen LogP contribution in [0.15, 0.2) is 36.7 Å². The minimum absolute atomic E-state index is 0.195. The highest BCUT2D eigenvalue weighted by Crippen LogP contribution is 2.21. The molecule has 0 amide bonds. The molecule has 4 heteroatoms. The van der Waals surface area contributed by atoms with Gasteiger partial charge in [0.25, 0.3) is 0 Å². The summed E-state index contributed by atoms with van der Waals surface area (Å²) in [7, 11) is 0. The van der Waals surface area contributed by atoms with Gasteiger partial charge in [0.15, 0.2) is 0 Å². The fraction of sp³-hybridized carbons (Fsp3) is 0.522. The van der Waals surface area contributed by atoms with Crippen molar-refractivity contribution in [2.24, 2.45) is 0 Å². The fourth-order valence-corrected chi connectivity index (χ4v) is 2.98. The van der Waals surface area contributed by atoms with Gasteiger partial charge in [-0.25, -0.2) is 0 Å². The standard InChI is InChI=1S/C23H32N2O2/c1-3-5-6-7-8-9-10-12-20-17-25-22(18-24-20)19-13-15-21(16-14-19)27-23(26)11-4-2/h13-18H,3-12H2,1-2H3. The Morgan fingerprint density at radius 1 is 0.852 bits per heavy atom. The van der Waals surface area contributed by atoms with Gasteiger partial charge < -0.3 is 4.74 Å². The molecule has 0 atom stereocenters. The molecule has 0 aliphatic heterocycles. The van der Waals surface area contributed by atoms with Crippen molar-refractivity contribution in [3.63, 3.8) is 0 Å². The van der Waals surface area contributed by atoms with Crippen LogP contribution in [-0.4, -0.2) is 15.9 Å². The first-order valence-corrected chi connectivity index (χ1v) is 10.3. The molecule has 0 saturated heterocycles. The van der Waals surface area contributed by atoms with E-state index >= 15 is 0 Å². The van der Waals surface area contributed by atoms with E-state index in [0.717, 1.165) is 29.8 Å². The van der Waals surface area contributed by atoms with Gasteiger partial charge in [-0.15, -0.1) is 0 Å². The first-order valence-electron chi connectivity index (χ1n) is 10.3. The first-order chi connectivity index (χ1) is 13.2. The van der Waals surface area contributed by atoms with Gasteiger partial charge in [0.2, 0.25) is 0 Å². The number of hydrogen-bond donors (Lipinski definition) is 0. The van der Waals surface area contributed by atoms with Gasteiger partial charge >= 0.3 is 5.97 Å². The molecule has 4 nitrogen and oxygen atoms in total. The van der Waals surface area contributed by atoms with E-state index in [4.69, 9.17) is 4.74 Å². The molecule has 0 radical (unpaired) electrons. The highest BCUT2D eigenvalue weighted by atomic mass is 16.5. The summed E-state index contributed by atoms with van der Waals surface area (Å²) in [6, 6.07) is 7.43. The highest BCUT2D eigenvalue weighted by molar-refractivity contribution is 5.72. The number of esters is 1. The lowest BCUT2D eigenvalue weighted by Crippen LogP contribution is -2.06. The van der Waals surface area contributed by atoms with E-state index in [1.54, 1.807) is 12.1 Å². The van der Waals surface area contributed by atoms with Crippen LogP contribution in [0.3, 0.4) is 0 Å². The third kappa shape index (κ3) is 7.90. The number of ether oxygens (including phenoxy) is 1. The van der Waals surface area contributed by atoms with Crippen molar-refractivity contribution >= 4 is 5.97 Å². The maximum atomic E-state index is 11.5. The van der Waals surface area contributed by atoms with Gasteiger partial charge in [-0.1, -0.05) is 52.4 Å². The molecule has 0 fully saturated rings. The van der Waals surface area contributed by atoms with E-state index in [-0.39, 0.29) is 5.97 Å². The minimum Gasteiger partial charge on any atom is -0.427 e. The van der Waals surface area contributed by atoms with Gasteiger partial charge in [-0.3, -0.25) is 14.8 Å². The molecule has 2 rings (SSSR count). The van der Waals surface area contributed by atoms with Crippen molar-refractivity contribution in [1.82, 2.24) is 9.97 Å². The molecule has 27 heavy (non-hydrogen) atoms. The second-order valence-electron chi connectivity index (χ2n) is 7.01. The normalized spacial score (nSPS) is 10.7. The van der Waals surface area contributed by atoms with Crippen molar-refractivity contribution in [3.8, 4) is 17.0 Å². The second kappa shape index (κ2) is 12.2. The first kappa shape index (κ1) is 21.1. The zero-order valence-corrected chi connectivity index (χ0v) is 16.7. The lowest BCUT2D eigenvalue weighted by Gasteiger charge is -2.06. The van der Waals surface area contributed by atoms with Crippen molar-refractivity contribution in [1.29, 1.82) is 0 Å². The molecular weight excluding hydrogens is 336 g/mol. The van der Waals surface area contributed by atoms with Crippen molar-refractivity contribution in [3.05, 3.63) is 42.4 Å². The molecule has 0 aliphatic carbocycles. The van der Waals surface area contributed by atoms with E-state index in [0.29, 0.717) is 12.2 Å². The summed E-state index contributed by atoms with van der Waals surface area (Å²) in [4.78, 5) is 20.6. The van der Waals surface area contributed by atoms with Gasteiger partial charge in [-0.05, 0) is 43.5 Å². The number of aryl methyl sites for hydroxylation is 1. The minimum atomic E-state index is -0.195. The van der Waals surface area contributed by atoms with Crippen LogP contribution in [0.2, 0.25) is 0 Å². The van der Waals surface area contributed by atoms with Gasteiger partial charge in [0, 0.05) is 18.2 Å². The predicted molar refractivity (Wildman–Crippen MR) is 110 cm³/mol. The van der Waals surface area contributed by atoms with Gasteiger partial charge in [-0.2, -0.15) is 0 Å². The lowest BCUT2D eigenvalue weighted by molar-refractivity contribution is -0.134. The Hall–Kier alpha value is -2.23. The monoisotopic (exact) mass is 368 g/mol. The SMILES string of the molecule is CCCCCCCCCc1cnc(-c2ccc(OC(=O)CCC)cc2)cn1. The summed E-state index contributed by atoms with van der Waals surface area (Å²) in [5.74, 6) is 0.375. The van der Waals surface area contributed by atoms with Crippen LogP contribution in [0, 0.1) is 0 Å². The molecule has 0 N–H and O–H groups in total. The fourth-order valence-electron chi connectivity index (χ4n) is 2.98. The third-order valence-corrected chi connectivity index (χ3v) is 4.58. The van der Waals surface area contributed by atoms with Crippen molar-refractivity contribution in [2.45, 2.75) is 78.1 Å². The maximum Gasteiger partial charge on any atom is 0.311 e. The topological polar surface area (TPSA) is 52.1 Å². The zero-order valence-electron chi connectivity index (χ0n) is 16.7. The van der Waals surface area contributed by atoms with E-state index in [1.165, 1.54) is 44.9 Å². The molecule has 0 spiro atoms. The zero-order chi connectivity index (χ0) is 19.3. The Morgan fingerprint density at radius 3 is 2.19 bits per heavy atom. The number of rotatable bonds is 12. The molecule has 0 saturated carbocycles. The number of carbonyl (C=O) groups excluding carboxylic acids is 1. The van der Waals surface area contributed by atoms with Crippen LogP contribution in [0.1, 0.15) is 77.3 Å². The molecule has 0 aliphatic rings. The maximum absolute atomic E-state index is 11.5. The summed E-state index contributed by atoms with van der Waals surface area (Å²) < 4.78 is 5.28. The van der Waals surface area contributed by atoms with E-state index in [2.05, 4.69) is 16.9 Å². The Balaban J connectivity index is 1.78. The summed E-state index contributed by atoms with van der Waals surface area (Å²) >= 11 is 0. The number of nitrogens with zero attached hydrogens (tertiary/aromatic N) is 2. The molecule has 2 aromatic rings. The van der Waals surface area contributed by atoms with Crippen LogP contribution < -0.4 is 4.74 Å². The molecule has 1 heterocycles. The number of benzene rings is 1. The summed E-state index contributed by atoms with van der Waals surface area (Å²) in [5.41, 5.74) is 2.86. The van der Waals surface area contributed by atoms with E-state index < -0.39 is 0 Å². The Morgan fingerprint density at radius 2 is 1.56 bits per heavy atom. The molecule has 1 aromatic heterocycles. The molecule has 0 unspecified atom stereocenters. The van der Waals surface area contributed by atoms with Crippen LogP contribution >= 0.6 is 0 Å². The molecular formula is C23H32N2O2. The summed E-state index contributed by atoms with van der Waals surface area (Å²) in [5, 5.41) is 0. The number of unbranched alkanes of at least 4 members (excludes halogenated alkanes) is 6. The van der Waals surface area contributed by atoms with Crippen LogP contribution in [0.4, 0.5) is 0 Å². The van der Waals surface area contributed by atoms with Crippen molar-refractivity contribution in [2.75, 3.05) is 0 Å². The highest BCUT2D eigenvalue weighted by Gasteiger charge is 2.05. The summed E-state index contributed by atoms with van der Waals surface area (Å²) in [6.07, 6.45) is 15.1. The molecule has 0 bridgehead atoms. The average molecular weight is 369 g/mol. The van der Waals surface area contributed by atoms with E-state index in [9.17, 15) is 4.79 Å². The quantitative estimate of drug-likeness (QED) is 0.256. The number of hydrogen-bond acceptors (Lipinski definition) is 4. The van der Waals surface area contributed by atoms with Gasteiger partial charge in [0.05, 0.1) is 17.6 Å². The summed E-state index contributed by atoms with van der Waals surface area (Å²) in [6.45, 7) is 4.21. The number of aromatic nitrogens is 2. The average Bonchev–Trinajstić information content (AvgIpc) is 2.69. The van der Waals surface area contributed by atoms with E-state index in [1.807, 2.05) is 31.5 Å². The van der Waals surface area contributed by atoms with Crippen LogP contribution in [-0.2, 0) is 11.2 Å². The van der Waals surface area contributed by atoms with Crippen LogP contribution in [0.25, 0.3) is 11.3 Å². The largest absolute Gasteiger partial charge is 0.427 e. The molecule has 1 aromatic carbocycles. The van der Waals surface area contributed by atoms with Crippen molar-refractivity contribution < 1.29 is 9.53 Å². The van der Waals surface area contributed by atoms with Crippen LogP contribution in [0.5, 0.6) is 5.75 Å². The lowest BCUT2D eigenvalue weighted by atomic mass is 10.1. The Kier molecular flexibility index (Phi) is 9.53. The second-order valence-corrected chi connectivity index (χ2v) is 7.01.